The molecule has 0 spiro atoms. The van der Waals surface area contributed by atoms with Crippen molar-refractivity contribution in [1.82, 2.24) is 0 Å². The van der Waals surface area contributed by atoms with Crippen molar-refractivity contribution in [3.63, 3.8) is 0 Å². The Kier molecular flexibility index (Phi) is 1.92. The molecule has 64 valence electrons. The van der Waals surface area contributed by atoms with Crippen LogP contribution in [0.2, 0.25) is 0 Å². The molecule has 2 aliphatic carbocycles. The fourth-order valence-corrected chi connectivity index (χ4v) is 2.87. The van der Waals surface area contributed by atoms with Gasteiger partial charge in [-0.3, -0.25) is 0 Å². The number of hydrogen-bond donors (Lipinski definition) is 1. The molecule has 0 radical (unpaired) electrons. The molecule has 2 fully saturated rings. The van der Waals surface area contributed by atoms with Crippen molar-refractivity contribution < 1.29 is 0 Å². The Morgan fingerprint density at radius 3 is 2.27 bits per heavy atom. The summed E-state index contributed by atoms with van der Waals surface area (Å²) < 4.78 is 0. The molecule has 1 heteroatoms. The molecule has 4 atom stereocenters. The van der Waals surface area contributed by atoms with Crippen molar-refractivity contribution in [3.05, 3.63) is 0 Å². The van der Waals surface area contributed by atoms with Crippen LogP contribution in [-0.2, 0) is 0 Å². The van der Waals surface area contributed by atoms with E-state index in [1.165, 1.54) is 32.1 Å². The molecule has 0 bridgehead atoms. The molecule has 0 aliphatic heterocycles. The summed E-state index contributed by atoms with van der Waals surface area (Å²) in [6.45, 7) is 2.36. The third kappa shape index (κ3) is 1.44. The third-order valence-corrected chi connectivity index (χ3v) is 3.59. The van der Waals surface area contributed by atoms with Gasteiger partial charge in [0.1, 0.15) is 0 Å². The smallest absolute Gasteiger partial charge is 0.00441 e. The maximum Gasteiger partial charge on any atom is 0.00441 e. The van der Waals surface area contributed by atoms with Gasteiger partial charge in [0.05, 0.1) is 0 Å². The summed E-state index contributed by atoms with van der Waals surface area (Å²) in [5.74, 6) is 2.95. The maximum absolute atomic E-state index is 6.01. The van der Waals surface area contributed by atoms with Crippen molar-refractivity contribution in [2.45, 2.75) is 45.1 Å². The lowest BCUT2D eigenvalue weighted by Crippen LogP contribution is -2.29. The second kappa shape index (κ2) is 2.78. The van der Waals surface area contributed by atoms with Crippen LogP contribution in [0.25, 0.3) is 0 Å². The second-order valence-electron chi connectivity index (χ2n) is 4.67. The van der Waals surface area contributed by atoms with Gasteiger partial charge >= 0.3 is 0 Å². The number of nitrogens with two attached hydrogens (primary N) is 1. The molecule has 2 saturated carbocycles. The van der Waals surface area contributed by atoms with Crippen LogP contribution in [0.3, 0.4) is 0 Å². The Balaban J connectivity index is 1.98. The lowest BCUT2D eigenvalue weighted by atomic mass is 9.70. The molecule has 1 unspecified atom stereocenters. The van der Waals surface area contributed by atoms with Crippen molar-refractivity contribution in [2.24, 2.45) is 23.5 Å². The fourth-order valence-electron chi connectivity index (χ4n) is 2.87. The quantitative estimate of drug-likeness (QED) is 0.567. The number of hydrogen-bond acceptors (Lipinski definition) is 1. The largest absolute Gasteiger partial charge is 0.328 e. The maximum atomic E-state index is 6.01. The molecule has 0 heterocycles. The normalized spacial score (nSPS) is 50.7. The first-order valence-corrected chi connectivity index (χ1v) is 5.01. The molecule has 0 aromatic rings. The van der Waals surface area contributed by atoms with E-state index in [1.54, 1.807) is 0 Å². The molecule has 0 saturated heterocycles. The average Bonchev–Trinajstić information content (AvgIpc) is 1.99. The summed E-state index contributed by atoms with van der Waals surface area (Å²) in [5.41, 5.74) is 6.01. The van der Waals surface area contributed by atoms with Gasteiger partial charge in [0, 0.05) is 6.04 Å². The second-order valence-corrected chi connectivity index (χ2v) is 4.67. The average molecular weight is 153 g/mol. The summed E-state index contributed by atoms with van der Waals surface area (Å²) in [5, 5.41) is 0. The van der Waals surface area contributed by atoms with E-state index in [2.05, 4.69) is 6.92 Å². The minimum absolute atomic E-state index is 0.514. The summed E-state index contributed by atoms with van der Waals surface area (Å²) in [4.78, 5) is 0. The standard InChI is InChI=1S/C10H19N/c1-7-4-8-2-3-9(8)6-10(11)5-7/h7-10H,2-6,11H2,1H3/t7-,8?,9+,10-/m1/s1. The Morgan fingerprint density at radius 1 is 1.00 bits per heavy atom. The molecule has 0 aromatic heterocycles. The van der Waals surface area contributed by atoms with Crippen LogP contribution in [0.1, 0.15) is 39.0 Å². The van der Waals surface area contributed by atoms with E-state index >= 15 is 0 Å². The predicted octanol–water partition coefficient (Wildman–Crippen LogP) is 2.16. The lowest BCUT2D eigenvalue weighted by Gasteiger charge is -2.36. The van der Waals surface area contributed by atoms with Crippen molar-refractivity contribution >= 4 is 0 Å². The topological polar surface area (TPSA) is 26.0 Å². The van der Waals surface area contributed by atoms with Crippen molar-refractivity contribution in [2.75, 3.05) is 0 Å². The molecule has 2 N–H and O–H groups in total. The first-order valence-electron chi connectivity index (χ1n) is 5.01. The van der Waals surface area contributed by atoms with Gasteiger partial charge < -0.3 is 5.73 Å². The van der Waals surface area contributed by atoms with Crippen molar-refractivity contribution in [1.29, 1.82) is 0 Å². The minimum Gasteiger partial charge on any atom is -0.328 e. The molecule has 2 rings (SSSR count). The van der Waals surface area contributed by atoms with E-state index < -0.39 is 0 Å². The van der Waals surface area contributed by atoms with E-state index in [0.717, 1.165) is 17.8 Å². The van der Waals surface area contributed by atoms with Crippen molar-refractivity contribution in [3.8, 4) is 0 Å². The monoisotopic (exact) mass is 153 g/mol. The Labute approximate surface area is 69.4 Å². The molecule has 11 heavy (non-hydrogen) atoms. The van der Waals surface area contributed by atoms with Gasteiger partial charge in [-0.2, -0.15) is 0 Å². The molecule has 0 amide bonds. The third-order valence-electron chi connectivity index (χ3n) is 3.59. The van der Waals surface area contributed by atoms with Crippen LogP contribution < -0.4 is 5.73 Å². The predicted molar refractivity (Wildman–Crippen MR) is 47.2 cm³/mol. The van der Waals surface area contributed by atoms with Crippen LogP contribution in [0.5, 0.6) is 0 Å². The first-order chi connectivity index (χ1) is 5.25. The summed E-state index contributed by atoms with van der Waals surface area (Å²) in [6.07, 6.45) is 6.99. The van der Waals surface area contributed by atoms with Gasteiger partial charge in [0.25, 0.3) is 0 Å². The van der Waals surface area contributed by atoms with Crippen LogP contribution >= 0.6 is 0 Å². The van der Waals surface area contributed by atoms with Crippen LogP contribution in [0.4, 0.5) is 0 Å². The highest BCUT2D eigenvalue weighted by Crippen LogP contribution is 2.44. The Bertz CT molecular complexity index is 128. The SMILES string of the molecule is C[C@@H]1CC2CC[C@H]2C[C@H](N)C1. The summed E-state index contributed by atoms with van der Waals surface area (Å²) in [6, 6.07) is 0.514. The molecule has 2 aliphatic rings. The number of fused-ring (bicyclic) bond motifs is 1. The number of rotatable bonds is 0. The Hall–Kier alpha value is -0.0400. The first kappa shape index (κ1) is 7.60. The molecular formula is C10H19N. The van der Waals surface area contributed by atoms with Crippen LogP contribution in [-0.4, -0.2) is 6.04 Å². The summed E-state index contributed by atoms with van der Waals surface area (Å²) >= 11 is 0. The highest BCUT2D eigenvalue weighted by Gasteiger charge is 2.35. The van der Waals surface area contributed by atoms with Gasteiger partial charge in [-0.25, -0.2) is 0 Å². The van der Waals surface area contributed by atoms with E-state index in [9.17, 15) is 0 Å². The van der Waals surface area contributed by atoms with E-state index in [4.69, 9.17) is 5.73 Å². The van der Waals surface area contributed by atoms with Gasteiger partial charge in [-0.1, -0.05) is 6.92 Å². The van der Waals surface area contributed by atoms with Crippen LogP contribution in [0, 0.1) is 17.8 Å². The Morgan fingerprint density at radius 2 is 1.64 bits per heavy atom. The molecule has 0 aromatic carbocycles. The minimum atomic E-state index is 0.514. The van der Waals surface area contributed by atoms with Crippen LogP contribution in [0.15, 0.2) is 0 Å². The van der Waals surface area contributed by atoms with Gasteiger partial charge in [-0.15, -0.1) is 0 Å². The zero-order chi connectivity index (χ0) is 7.84. The summed E-state index contributed by atoms with van der Waals surface area (Å²) in [7, 11) is 0. The highest BCUT2D eigenvalue weighted by molar-refractivity contribution is 4.88. The van der Waals surface area contributed by atoms with E-state index in [0.29, 0.717) is 6.04 Å². The fraction of sp³-hybridized carbons (Fsp3) is 1.00. The molecular weight excluding hydrogens is 134 g/mol. The zero-order valence-electron chi connectivity index (χ0n) is 7.42. The van der Waals surface area contributed by atoms with Gasteiger partial charge in [0.15, 0.2) is 0 Å². The van der Waals surface area contributed by atoms with E-state index in [-0.39, 0.29) is 0 Å². The molecule has 1 nitrogen and oxygen atoms in total. The lowest BCUT2D eigenvalue weighted by molar-refractivity contribution is 0.152. The van der Waals surface area contributed by atoms with Gasteiger partial charge in [0.2, 0.25) is 0 Å². The zero-order valence-corrected chi connectivity index (χ0v) is 7.42. The van der Waals surface area contributed by atoms with Gasteiger partial charge in [-0.05, 0) is 49.9 Å². The van der Waals surface area contributed by atoms with E-state index in [1.807, 2.05) is 0 Å². The highest BCUT2D eigenvalue weighted by atomic mass is 14.6.